The molecule has 0 spiro atoms. The molecule has 0 fully saturated rings. The van der Waals surface area contributed by atoms with Crippen LogP contribution in [-0.4, -0.2) is 122 Å². The minimum atomic E-state index is -1.03. The summed E-state index contributed by atoms with van der Waals surface area (Å²) in [6.07, 6.45) is 6.40. The monoisotopic (exact) mass is 436 g/mol. The van der Waals surface area contributed by atoms with Gasteiger partial charge < -0.3 is 25.1 Å². The molecule has 31 heavy (non-hydrogen) atoms. The number of nitrogens with zero attached hydrogens (tertiary/aromatic N) is 6. The van der Waals surface area contributed by atoms with Gasteiger partial charge in [0, 0.05) is 64.1 Å². The molecule has 0 aliphatic carbocycles. The smallest absolute Gasteiger partial charge is 0.323 e. The van der Waals surface area contributed by atoms with Crippen LogP contribution in [0.25, 0.3) is 0 Å². The number of aromatic nitrogens is 2. The molecule has 0 amide bonds. The maximum atomic E-state index is 11.3. The molecule has 0 saturated carbocycles. The third-order valence-corrected chi connectivity index (χ3v) is 4.65. The molecule has 3 N–H and O–H groups in total. The van der Waals surface area contributed by atoms with Crippen LogP contribution < -0.4 is 0 Å². The highest BCUT2D eigenvalue weighted by molar-refractivity contribution is 5.70. The summed E-state index contributed by atoms with van der Waals surface area (Å²) in [6.45, 7) is 2.28. The van der Waals surface area contributed by atoms with Crippen LogP contribution in [0.3, 0.4) is 0 Å². The lowest BCUT2D eigenvalue weighted by Gasteiger charge is -2.31. The van der Waals surface area contributed by atoms with Crippen molar-refractivity contribution >= 4 is 17.9 Å². The van der Waals surface area contributed by atoms with Crippen LogP contribution in [0.4, 0.5) is 0 Å². The second kappa shape index (κ2) is 12.4. The molecule has 170 valence electrons. The Balaban J connectivity index is 2.20. The van der Waals surface area contributed by atoms with E-state index in [4.69, 9.17) is 5.11 Å². The van der Waals surface area contributed by atoms with E-state index < -0.39 is 17.9 Å². The first-order valence-electron chi connectivity index (χ1n) is 9.84. The zero-order valence-electron chi connectivity index (χ0n) is 17.2. The zero-order chi connectivity index (χ0) is 22.6. The van der Waals surface area contributed by atoms with E-state index >= 15 is 0 Å². The predicted octanol–water partition coefficient (Wildman–Crippen LogP) is -1.08. The van der Waals surface area contributed by atoms with Crippen molar-refractivity contribution in [2.75, 3.05) is 58.9 Å². The summed E-state index contributed by atoms with van der Waals surface area (Å²) in [7, 11) is 0. The minimum absolute atomic E-state index is 0.161. The van der Waals surface area contributed by atoms with Crippen molar-refractivity contribution in [3.63, 3.8) is 0 Å². The summed E-state index contributed by atoms with van der Waals surface area (Å²) in [5, 5.41) is 27.6. The van der Waals surface area contributed by atoms with Gasteiger partial charge in [-0.25, -0.2) is 9.97 Å². The number of carboxylic acids is 3. The van der Waals surface area contributed by atoms with Gasteiger partial charge in [0.2, 0.25) is 0 Å². The molecule has 1 aromatic heterocycles. The Hall–Kier alpha value is -3.25. The molecule has 2 rings (SSSR count). The quantitative estimate of drug-likeness (QED) is 0.455. The molecular formula is C19H28N6O6. The minimum Gasteiger partial charge on any atom is -0.480 e. The number of aliphatic carboxylic acids is 3. The van der Waals surface area contributed by atoms with E-state index in [-0.39, 0.29) is 19.6 Å². The molecule has 0 bridgehead atoms. The highest BCUT2D eigenvalue weighted by Gasteiger charge is 2.17. The molecule has 0 atom stereocenters. The Morgan fingerprint density at radius 1 is 0.710 bits per heavy atom. The fraction of sp³-hybridized carbons (Fsp3) is 0.526. The van der Waals surface area contributed by atoms with E-state index in [0.29, 0.717) is 51.6 Å². The van der Waals surface area contributed by atoms with Gasteiger partial charge in [-0.3, -0.25) is 24.2 Å². The summed E-state index contributed by atoms with van der Waals surface area (Å²) in [6, 6.07) is 1.72. The van der Waals surface area contributed by atoms with Gasteiger partial charge in [-0.15, -0.1) is 0 Å². The molecule has 12 nitrogen and oxygen atoms in total. The van der Waals surface area contributed by atoms with E-state index in [1.165, 1.54) is 4.90 Å². The summed E-state index contributed by atoms with van der Waals surface area (Å²) in [5.41, 5.74) is 0. The van der Waals surface area contributed by atoms with Crippen LogP contribution in [0.1, 0.15) is 5.82 Å². The topological polar surface area (TPSA) is 151 Å². The van der Waals surface area contributed by atoms with Crippen molar-refractivity contribution in [3.05, 3.63) is 36.7 Å². The molecule has 1 aliphatic rings. The first-order chi connectivity index (χ1) is 14.8. The van der Waals surface area contributed by atoms with Gasteiger partial charge in [0.1, 0.15) is 18.9 Å². The SMILES string of the molecule is O=C(O)CN1/C=C\N(CC(=O)O)CCN(Cc2ncccn2)CCN(CC(=O)O)CC1. The lowest BCUT2D eigenvalue weighted by Crippen LogP contribution is -2.44. The largest absolute Gasteiger partial charge is 0.480 e. The number of carbonyl (C=O) groups is 3. The van der Waals surface area contributed by atoms with E-state index in [0.717, 1.165) is 0 Å². The van der Waals surface area contributed by atoms with E-state index in [1.54, 1.807) is 40.7 Å². The van der Waals surface area contributed by atoms with Crippen LogP contribution >= 0.6 is 0 Å². The Morgan fingerprint density at radius 2 is 1.16 bits per heavy atom. The second-order valence-electron chi connectivity index (χ2n) is 7.14. The van der Waals surface area contributed by atoms with Gasteiger partial charge in [-0.05, 0) is 6.07 Å². The molecule has 1 aliphatic heterocycles. The van der Waals surface area contributed by atoms with Crippen LogP contribution in [0.15, 0.2) is 30.9 Å². The number of hydrogen-bond acceptors (Lipinski definition) is 9. The molecule has 12 heteroatoms. The normalized spacial score (nSPS) is 18.1. The zero-order valence-corrected chi connectivity index (χ0v) is 17.2. The number of hydrogen-bond donors (Lipinski definition) is 3. The van der Waals surface area contributed by atoms with Gasteiger partial charge in [0.15, 0.2) is 0 Å². The molecular weight excluding hydrogens is 408 g/mol. The summed E-state index contributed by atoms with van der Waals surface area (Å²) in [4.78, 5) is 49.1. The maximum absolute atomic E-state index is 11.3. The van der Waals surface area contributed by atoms with Crippen molar-refractivity contribution in [2.45, 2.75) is 6.54 Å². The number of rotatable bonds is 8. The highest BCUT2D eigenvalue weighted by atomic mass is 16.4. The Bertz CT molecular complexity index is 762. The molecule has 2 heterocycles. The highest BCUT2D eigenvalue weighted by Crippen LogP contribution is 2.04. The standard InChI is InChI=1S/C19H28N6O6/c26-17(27)13-23-6-4-22(12-16-20-2-1-3-21-16)5-7-24(14-18(28)29)9-11-25(10-8-23)15-19(30)31/h1-3,8,10H,4-7,9,11-15H2,(H,26,27)(H,28,29)(H,30,31)/b10-8-. The van der Waals surface area contributed by atoms with Gasteiger partial charge in [0.25, 0.3) is 0 Å². The Kier molecular flexibility index (Phi) is 9.65. The van der Waals surface area contributed by atoms with Crippen molar-refractivity contribution < 1.29 is 29.7 Å². The molecule has 0 unspecified atom stereocenters. The fourth-order valence-electron chi connectivity index (χ4n) is 3.11. The van der Waals surface area contributed by atoms with Crippen molar-refractivity contribution in [3.8, 4) is 0 Å². The van der Waals surface area contributed by atoms with Crippen LogP contribution in [-0.2, 0) is 20.9 Å². The maximum Gasteiger partial charge on any atom is 0.323 e. The van der Waals surface area contributed by atoms with E-state index in [1.807, 2.05) is 4.90 Å². The van der Waals surface area contributed by atoms with Crippen LogP contribution in [0, 0.1) is 0 Å². The lowest BCUT2D eigenvalue weighted by molar-refractivity contribution is -0.139. The Morgan fingerprint density at radius 3 is 1.68 bits per heavy atom. The summed E-state index contributed by atoms with van der Waals surface area (Å²) in [5.74, 6) is -2.36. The van der Waals surface area contributed by atoms with Gasteiger partial charge in [0.05, 0.1) is 13.1 Å². The van der Waals surface area contributed by atoms with Gasteiger partial charge in [-0.2, -0.15) is 0 Å². The Labute approximate surface area is 180 Å². The molecule has 1 aromatic rings. The van der Waals surface area contributed by atoms with Crippen LogP contribution in [0.5, 0.6) is 0 Å². The predicted molar refractivity (Wildman–Crippen MR) is 109 cm³/mol. The third-order valence-electron chi connectivity index (χ3n) is 4.65. The van der Waals surface area contributed by atoms with Gasteiger partial charge >= 0.3 is 17.9 Å². The molecule has 0 saturated heterocycles. The van der Waals surface area contributed by atoms with Crippen molar-refractivity contribution in [1.82, 2.24) is 29.6 Å². The third kappa shape index (κ3) is 9.87. The van der Waals surface area contributed by atoms with E-state index in [9.17, 15) is 24.6 Å². The lowest BCUT2D eigenvalue weighted by atomic mass is 10.3. The first-order valence-corrected chi connectivity index (χ1v) is 9.84. The van der Waals surface area contributed by atoms with Crippen LogP contribution in [0.2, 0.25) is 0 Å². The summed E-state index contributed by atoms with van der Waals surface area (Å²) < 4.78 is 0. The fourth-order valence-corrected chi connectivity index (χ4v) is 3.11. The average Bonchev–Trinajstić information content (AvgIpc) is 2.69. The van der Waals surface area contributed by atoms with E-state index in [2.05, 4.69) is 9.97 Å². The van der Waals surface area contributed by atoms with Crippen molar-refractivity contribution in [1.29, 1.82) is 0 Å². The second-order valence-corrected chi connectivity index (χ2v) is 7.14. The van der Waals surface area contributed by atoms with Crippen molar-refractivity contribution in [2.24, 2.45) is 0 Å². The average molecular weight is 436 g/mol. The first kappa shape index (κ1) is 24.0. The van der Waals surface area contributed by atoms with Gasteiger partial charge in [-0.1, -0.05) is 0 Å². The molecule has 0 radical (unpaired) electrons. The molecule has 0 aromatic carbocycles. The number of carboxylic acid groups (broad SMARTS) is 3. The summed E-state index contributed by atoms with van der Waals surface area (Å²) >= 11 is 0.